The first-order valence-corrected chi connectivity index (χ1v) is 17.1. The van der Waals surface area contributed by atoms with Crippen molar-refractivity contribution in [2.24, 2.45) is 5.73 Å². The van der Waals surface area contributed by atoms with Gasteiger partial charge in [-0.05, 0) is 103 Å². The molecule has 4 aromatic carbocycles. The number of amides is 1. The fourth-order valence-corrected chi connectivity index (χ4v) is 6.68. The van der Waals surface area contributed by atoms with Gasteiger partial charge in [0.15, 0.2) is 0 Å². The molecule has 0 saturated heterocycles. The van der Waals surface area contributed by atoms with Crippen LogP contribution in [0.1, 0.15) is 58.6 Å². The summed E-state index contributed by atoms with van der Waals surface area (Å²) in [5, 5.41) is 2.96. The molecule has 0 aliphatic heterocycles. The van der Waals surface area contributed by atoms with E-state index in [4.69, 9.17) is 10.2 Å². The van der Waals surface area contributed by atoms with Gasteiger partial charge in [-0.3, -0.25) is 13.8 Å². The molecule has 3 N–H and O–H groups in total. The van der Waals surface area contributed by atoms with Crippen LogP contribution in [0.25, 0.3) is 27.9 Å². The average molecular weight is 673 g/mol. The Morgan fingerprint density at radius 2 is 1.58 bits per heavy atom. The van der Waals surface area contributed by atoms with Crippen LogP contribution >= 0.6 is 0 Å². The minimum absolute atomic E-state index is 0. The number of benzene rings is 4. The minimum atomic E-state index is -4.44. The number of hydrogen-bond acceptors (Lipinski definition) is 7. The molecule has 0 saturated carbocycles. The molecule has 1 unspecified atom stereocenters. The first-order valence-electron chi connectivity index (χ1n) is 15.7. The topological polar surface area (TPSA) is 129 Å². The van der Waals surface area contributed by atoms with Crippen molar-refractivity contribution in [1.82, 2.24) is 0 Å². The normalized spacial score (nSPS) is 13.7. The van der Waals surface area contributed by atoms with E-state index in [1.807, 2.05) is 66.7 Å². The third-order valence-corrected chi connectivity index (χ3v) is 9.53. The molecule has 0 spiro atoms. The third kappa shape index (κ3) is 8.41. The second kappa shape index (κ2) is 16.0. The summed E-state index contributed by atoms with van der Waals surface area (Å²) in [6, 6.07) is 31.7. The molecule has 10 heteroatoms. The second-order valence-corrected chi connectivity index (χ2v) is 13.1. The summed E-state index contributed by atoms with van der Waals surface area (Å²) in [5.41, 5.74) is 11.7. The van der Waals surface area contributed by atoms with E-state index in [-0.39, 0.29) is 54.2 Å². The van der Waals surface area contributed by atoms with Crippen LogP contribution in [0.3, 0.4) is 0 Å². The van der Waals surface area contributed by atoms with E-state index < -0.39 is 21.2 Å². The van der Waals surface area contributed by atoms with Gasteiger partial charge in [0.2, 0.25) is 5.91 Å². The number of fused-ring (bicyclic) bond motifs is 1. The Balaban J connectivity index is 0.00000451. The molecule has 5 aromatic rings. The Morgan fingerprint density at radius 1 is 0.875 bits per heavy atom. The van der Waals surface area contributed by atoms with E-state index in [9.17, 15) is 18.0 Å². The maximum absolute atomic E-state index is 13.9. The van der Waals surface area contributed by atoms with Gasteiger partial charge in [0.1, 0.15) is 11.3 Å². The monoisotopic (exact) mass is 672 g/mol. The quantitative estimate of drug-likeness (QED) is 0.116. The van der Waals surface area contributed by atoms with E-state index in [1.54, 1.807) is 12.1 Å². The van der Waals surface area contributed by atoms with Crippen molar-refractivity contribution in [3.05, 3.63) is 131 Å². The summed E-state index contributed by atoms with van der Waals surface area (Å²) in [6.45, 7) is -0.305. The molecule has 1 atom stereocenters. The molecule has 1 amide bonds. The molecule has 48 heavy (non-hydrogen) atoms. The zero-order valence-electron chi connectivity index (χ0n) is 25.9. The Labute approximate surface area is 302 Å². The van der Waals surface area contributed by atoms with Crippen LogP contribution in [-0.2, 0) is 25.5 Å². The summed E-state index contributed by atoms with van der Waals surface area (Å²) in [4.78, 5) is 26.4. The fourth-order valence-electron chi connectivity index (χ4n) is 5.83. The predicted octanol–water partition coefficient (Wildman–Crippen LogP) is 6.82. The van der Waals surface area contributed by atoms with Crippen LogP contribution in [0.4, 0.5) is 5.69 Å². The summed E-state index contributed by atoms with van der Waals surface area (Å²) in [5.74, 6) is -0.00237. The molecule has 0 bridgehead atoms. The average Bonchev–Trinajstić information content (AvgIpc) is 3.55. The first kappa shape index (κ1) is 35.5. The number of nitrogens with one attached hydrogen (secondary N) is 1. The summed E-state index contributed by atoms with van der Waals surface area (Å²) >= 11 is 0. The number of anilines is 1. The maximum atomic E-state index is 13.9. The van der Waals surface area contributed by atoms with Crippen molar-refractivity contribution >= 4 is 72.9 Å². The van der Waals surface area contributed by atoms with Gasteiger partial charge in [0.05, 0.1) is 12.5 Å². The number of para-hydroxylation sites is 1. The third-order valence-electron chi connectivity index (χ3n) is 8.37. The summed E-state index contributed by atoms with van der Waals surface area (Å²) in [7, 11) is -4.44. The fraction of sp³-hybridized carbons (Fsp3) is 0.211. The summed E-state index contributed by atoms with van der Waals surface area (Å²) in [6.07, 6.45) is 7.13. The molecule has 1 aromatic heterocycles. The van der Waals surface area contributed by atoms with Gasteiger partial charge in [-0.15, -0.1) is 0 Å². The zero-order valence-corrected chi connectivity index (χ0v) is 26.7. The number of nitrogens with two attached hydrogens (primary N) is 1. The van der Waals surface area contributed by atoms with Crippen LogP contribution in [-0.4, -0.2) is 62.1 Å². The van der Waals surface area contributed by atoms with Gasteiger partial charge in [-0.2, -0.15) is 8.42 Å². The van der Waals surface area contributed by atoms with Gasteiger partial charge in [0.25, 0.3) is 0 Å². The van der Waals surface area contributed by atoms with Crippen molar-refractivity contribution in [1.29, 1.82) is 0 Å². The molecular formula is C38H37N2NaO6S. The predicted molar refractivity (Wildman–Crippen MR) is 191 cm³/mol. The molecule has 242 valence electrons. The number of rotatable bonds is 11. The molecule has 0 radical (unpaired) electrons. The molecular weight excluding hydrogens is 635 g/mol. The van der Waals surface area contributed by atoms with Crippen LogP contribution in [0, 0.1) is 0 Å². The van der Waals surface area contributed by atoms with Gasteiger partial charge >= 0.3 is 44.8 Å². The number of furan rings is 1. The molecule has 0 fully saturated rings. The van der Waals surface area contributed by atoms with Crippen LogP contribution in [0.15, 0.2) is 114 Å². The van der Waals surface area contributed by atoms with Crippen molar-refractivity contribution in [2.75, 3.05) is 18.5 Å². The van der Waals surface area contributed by atoms with E-state index in [0.29, 0.717) is 12.1 Å². The number of carbonyl (C=O) groups is 2. The van der Waals surface area contributed by atoms with Crippen molar-refractivity contribution in [3.63, 3.8) is 0 Å². The van der Waals surface area contributed by atoms with Crippen LogP contribution < -0.4 is 11.1 Å². The molecule has 1 aliphatic rings. The summed E-state index contributed by atoms with van der Waals surface area (Å²) < 4.78 is 35.1. The Kier molecular flexibility index (Phi) is 11.9. The van der Waals surface area contributed by atoms with E-state index in [1.165, 1.54) is 30.5 Å². The van der Waals surface area contributed by atoms with E-state index >= 15 is 0 Å². The van der Waals surface area contributed by atoms with Crippen LogP contribution in [0.2, 0.25) is 0 Å². The van der Waals surface area contributed by atoms with Gasteiger partial charge < -0.3 is 15.5 Å². The Hall–Kier alpha value is -3.83. The van der Waals surface area contributed by atoms with Gasteiger partial charge in [0, 0.05) is 28.7 Å². The van der Waals surface area contributed by atoms with Gasteiger partial charge in [-0.1, -0.05) is 60.7 Å². The SMILES string of the molecule is NCCOS(=O)(=O)C(=O)c1ccc(CC(C(=O)Nc2ccc(-c3cc4ccccc4o3)cc2)c2ccc(C3=CCCCC3)cc2)cc1.[NaH]. The number of hydrogen-bond donors (Lipinski definition) is 2. The zero-order chi connectivity index (χ0) is 32.8. The molecule has 1 aliphatic carbocycles. The Bertz CT molecular complexity index is 1990. The van der Waals surface area contributed by atoms with Crippen molar-refractivity contribution in [3.8, 4) is 11.3 Å². The van der Waals surface area contributed by atoms with E-state index in [0.717, 1.165) is 51.8 Å². The van der Waals surface area contributed by atoms with Gasteiger partial charge in [-0.25, -0.2) is 0 Å². The molecule has 8 nitrogen and oxygen atoms in total. The molecule has 6 rings (SSSR count). The molecule has 1 heterocycles. The van der Waals surface area contributed by atoms with Crippen molar-refractivity contribution < 1.29 is 26.6 Å². The number of carbonyl (C=O) groups excluding carboxylic acids is 2. The standard InChI is InChI=1S/C38H36N2O6S.Na.H/c39-22-23-45-47(43,44)38(42)31-12-10-26(11-13-31)24-34(29-16-14-28(15-17-29)27-6-2-1-3-7-27)37(41)40-33-20-18-30(19-21-33)36-25-32-8-4-5-9-35(32)46-36;;/h4-6,8-21,25,34H,1-3,7,22-24,39H2,(H,40,41);;. The second-order valence-electron chi connectivity index (χ2n) is 11.6. The van der Waals surface area contributed by atoms with Crippen molar-refractivity contribution in [2.45, 2.75) is 38.0 Å². The van der Waals surface area contributed by atoms with Crippen LogP contribution in [0.5, 0.6) is 0 Å². The number of allylic oxidation sites excluding steroid dienone is 2. The first-order chi connectivity index (χ1) is 22.8. The van der Waals surface area contributed by atoms with E-state index in [2.05, 4.69) is 27.7 Å². The Morgan fingerprint density at radius 3 is 2.25 bits per heavy atom.